The van der Waals surface area contributed by atoms with Crippen molar-refractivity contribution in [3.63, 3.8) is 0 Å². The van der Waals surface area contributed by atoms with Gasteiger partial charge in [-0.15, -0.1) is 23.1 Å². The molecule has 0 saturated carbocycles. The van der Waals surface area contributed by atoms with Gasteiger partial charge in [-0.1, -0.05) is 6.92 Å². The summed E-state index contributed by atoms with van der Waals surface area (Å²) in [6, 6.07) is 2.63. The third kappa shape index (κ3) is 2.75. The SMILES string of the molecule is C[C@@H](O)CNC1C[C@H](C)Sc2sccc21. The van der Waals surface area contributed by atoms with Crippen LogP contribution in [-0.2, 0) is 0 Å². The summed E-state index contributed by atoms with van der Waals surface area (Å²) in [7, 11) is 0. The van der Waals surface area contributed by atoms with Gasteiger partial charge < -0.3 is 10.4 Å². The molecule has 2 N–H and O–H groups in total. The second kappa shape index (κ2) is 4.87. The summed E-state index contributed by atoms with van der Waals surface area (Å²) in [5.41, 5.74) is 1.42. The summed E-state index contributed by atoms with van der Waals surface area (Å²) in [5.74, 6) is 0. The van der Waals surface area contributed by atoms with Crippen LogP contribution >= 0.6 is 23.1 Å². The van der Waals surface area contributed by atoms with Crippen molar-refractivity contribution in [2.75, 3.05) is 6.54 Å². The molecule has 0 spiro atoms. The molecule has 0 saturated heterocycles. The van der Waals surface area contributed by atoms with Crippen LogP contribution in [0.15, 0.2) is 15.7 Å². The number of hydrogen-bond acceptors (Lipinski definition) is 4. The molecule has 1 aliphatic rings. The number of thiophene rings is 1. The Balaban J connectivity index is 2.06. The highest BCUT2D eigenvalue weighted by atomic mass is 32.2. The van der Waals surface area contributed by atoms with Crippen LogP contribution < -0.4 is 5.32 Å². The molecule has 4 heteroatoms. The molecule has 0 amide bonds. The van der Waals surface area contributed by atoms with Crippen molar-refractivity contribution in [1.82, 2.24) is 5.32 Å². The van der Waals surface area contributed by atoms with E-state index in [4.69, 9.17) is 0 Å². The van der Waals surface area contributed by atoms with Crippen molar-refractivity contribution >= 4 is 23.1 Å². The van der Waals surface area contributed by atoms with Crippen LogP contribution in [-0.4, -0.2) is 23.0 Å². The maximum Gasteiger partial charge on any atom is 0.0649 e. The summed E-state index contributed by atoms with van der Waals surface area (Å²) < 4.78 is 1.44. The van der Waals surface area contributed by atoms with E-state index in [0.717, 1.165) is 6.42 Å². The Bertz CT molecular complexity index is 324. The van der Waals surface area contributed by atoms with Crippen LogP contribution in [0.4, 0.5) is 0 Å². The zero-order chi connectivity index (χ0) is 10.8. The van der Waals surface area contributed by atoms with E-state index >= 15 is 0 Å². The van der Waals surface area contributed by atoms with Crippen LogP contribution in [0.1, 0.15) is 31.9 Å². The van der Waals surface area contributed by atoms with Gasteiger partial charge in [-0.3, -0.25) is 0 Å². The first-order valence-electron chi connectivity index (χ1n) is 5.32. The molecule has 1 aliphatic heterocycles. The van der Waals surface area contributed by atoms with Crippen molar-refractivity contribution in [3.8, 4) is 0 Å². The summed E-state index contributed by atoms with van der Waals surface area (Å²) in [4.78, 5) is 0. The summed E-state index contributed by atoms with van der Waals surface area (Å²) in [6.07, 6.45) is 0.887. The third-order valence-corrected chi connectivity index (χ3v) is 4.91. The van der Waals surface area contributed by atoms with E-state index in [0.29, 0.717) is 17.8 Å². The fourth-order valence-corrected chi connectivity index (χ4v) is 4.42. The van der Waals surface area contributed by atoms with Crippen molar-refractivity contribution in [3.05, 3.63) is 17.0 Å². The summed E-state index contributed by atoms with van der Waals surface area (Å²) in [5, 5.41) is 15.5. The zero-order valence-electron chi connectivity index (χ0n) is 9.06. The molecule has 0 aliphatic carbocycles. The van der Waals surface area contributed by atoms with Gasteiger partial charge >= 0.3 is 0 Å². The first kappa shape index (κ1) is 11.5. The lowest BCUT2D eigenvalue weighted by Gasteiger charge is -2.28. The van der Waals surface area contributed by atoms with Crippen molar-refractivity contribution in [1.29, 1.82) is 0 Å². The van der Waals surface area contributed by atoms with Crippen LogP contribution in [0.3, 0.4) is 0 Å². The second-order valence-electron chi connectivity index (χ2n) is 4.14. The van der Waals surface area contributed by atoms with Crippen LogP contribution in [0.2, 0.25) is 0 Å². The molecular weight excluding hydrogens is 226 g/mol. The van der Waals surface area contributed by atoms with Gasteiger partial charge in [0.2, 0.25) is 0 Å². The highest BCUT2D eigenvalue weighted by Gasteiger charge is 2.25. The minimum absolute atomic E-state index is 0.267. The van der Waals surface area contributed by atoms with E-state index in [1.807, 2.05) is 30.0 Å². The third-order valence-electron chi connectivity index (χ3n) is 2.57. The molecule has 2 heterocycles. The Hall–Kier alpha value is -0.0300. The van der Waals surface area contributed by atoms with E-state index in [2.05, 4.69) is 23.7 Å². The fourth-order valence-electron chi connectivity index (χ4n) is 1.86. The monoisotopic (exact) mass is 243 g/mol. The number of nitrogens with one attached hydrogen (secondary N) is 1. The first-order chi connectivity index (χ1) is 7.16. The molecule has 84 valence electrons. The maximum absolute atomic E-state index is 9.28. The lowest BCUT2D eigenvalue weighted by atomic mass is 10.0. The summed E-state index contributed by atoms with van der Waals surface area (Å²) >= 11 is 3.80. The van der Waals surface area contributed by atoms with Gasteiger partial charge in [-0.2, -0.15) is 0 Å². The number of hydrogen-bond donors (Lipinski definition) is 2. The first-order valence-corrected chi connectivity index (χ1v) is 7.08. The van der Waals surface area contributed by atoms with Crippen LogP contribution in [0, 0.1) is 0 Å². The lowest BCUT2D eigenvalue weighted by molar-refractivity contribution is 0.185. The van der Waals surface area contributed by atoms with Gasteiger partial charge in [0.15, 0.2) is 0 Å². The molecule has 2 nitrogen and oxygen atoms in total. The standard InChI is InChI=1S/C11H17NOS2/c1-7(13)6-12-10-5-8(2)15-11-9(10)3-4-14-11/h3-4,7-8,10,12-13H,5-6H2,1-2H3/t7-,8+,10?/m1/s1. The fraction of sp³-hybridized carbons (Fsp3) is 0.636. The Morgan fingerprint density at radius 1 is 1.67 bits per heavy atom. The minimum atomic E-state index is -0.267. The van der Waals surface area contributed by atoms with Gasteiger partial charge in [0.05, 0.1) is 10.3 Å². The molecule has 15 heavy (non-hydrogen) atoms. The Kier molecular flexibility index (Phi) is 3.72. The molecule has 1 aromatic rings. The molecule has 0 fully saturated rings. The van der Waals surface area contributed by atoms with E-state index in [1.165, 1.54) is 9.77 Å². The molecule has 2 rings (SSSR count). The Morgan fingerprint density at radius 2 is 2.47 bits per heavy atom. The smallest absolute Gasteiger partial charge is 0.0649 e. The van der Waals surface area contributed by atoms with Crippen LogP contribution in [0.25, 0.3) is 0 Å². The highest BCUT2D eigenvalue weighted by molar-refractivity contribution is 8.01. The van der Waals surface area contributed by atoms with E-state index in [-0.39, 0.29) is 6.10 Å². The number of rotatable bonds is 3. The molecular formula is C11H17NOS2. The number of thioether (sulfide) groups is 1. The molecule has 0 aromatic carbocycles. The number of aliphatic hydroxyl groups is 1. The van der Waals surface area contributed by atoms with Crippen molar-refractivity contribution < 1.29 is 5.11 Å². The van der Waals surface area contributed by atoms with Gasteiger partial charge in [0.25, 0.3) is 0 Å². The Labute approximate surface area is 99.1 Å². The molecule has 0 bridgehead atoms. The minimum Gasteiger partial charge on any atom is -0.392 e. The number of aliphatic hydroxyl groups excluding tert-OH is 1. The van der Waals surface area contributed by atoms with Gasteiger partial charge in [0, 0.05) is 17.8 Å². The summed E-state index contributed by atoms with van der Waals surface area (Å²) in [6.45, 7) is 4.77. The largest absolute Gasteiger partial charge is 0.392 e. The van der Waals surface area contributed by atoms with Crippen molar-refractivity contribution in [2.45, 2.75) is 41.9 Å². The second-order valence-corrected chi connectivity index (χ2v) is 6.76. The molecule has 1 aromatic heterocycles. The molecule has 1 unspecified atom stereocenters. The predicted octanol–water partition coefficient (Wildman–Crippen LogP) is 2.64. The molecule has 3 atom stereocenters. The average Bonchev–Trinajstić information content (AvgIpc) is 2.61. The quantitative estimate of drug-likeness (QED) is 0.856. The average molecular weight is 243 g/mol. The Morgan fingerprint density at radius 3 is 3.20 bits per heavy atom. The number of fused-ring (bicyclic) bond motifs is 1. The van der Waals surface area contributed by atoms with E-state index in [9.17, 15) is 5.11 Å². The predicted molar refractivity (Wildman–Crippen MR) is 66.7 cm³/mol. The topological polar surface area (TPSA) is 32.3 Å². The van der Waals surface area contributed by atoms with Gasteiger partial charge in [-0.05, 0) is 30.4 Å². The van der Waals surface area contributed by atoms with E-state index < -0.39 is 0 Å². The van der Waals surface area contributed by atoms with Gasteiger partial charge in [-0.25, -0.2) is 0 Å². The van der Waals surface area contributed by atoms with Crippen molar-refractivity contribution in [2.24, 2.45) is 0 Å². The highest BCUT2D eigenvalue weighted by Crippen LogP contribution is 2.43. The lowest BCUT2D eigenvalue weighted by Crippen LogP contribution is -2.31. The van der Waals surface area contributed by atoms with E-state index in [1.54, 1.807) is 0 Å². The van der Waals surface area contributed by atoms with Crippen LogP contribution in [0.5, 0.6) is 0 Å². The van der Waals surface area contributed by atoms with Gasteiger partial charge in [0.1, 0.15) is 0 Å². The molecule has 0 radical (unpaired) electrons. The maximum atomic E-state index is 9.28. The normalized spacial score (nSPS) is 27.4. The zero-order valence-corrected chi connectivity index (χ0v) is 10.7.